The summed E-state index contributed by atoms with van der Waals surface area (Å²) in [6.45, 7) is 4.49. The first-order valence-corrected chi connectivity index (χ1v) is 7.23. The molecule has 1 aliphatic heterocycles. The van der Waals surface area contributed by atoms with Crippen LogP contribution in [0, 0.1) is 0 Å². The van der Waals surface area contributed by atoms with Crippen LogP contribution in [0.2, 0.25) is 0 Å². The molecule has 1 aromatic rings. The number of nitrogens with zero attached hydrogens (tertiary/aromatic N) is 1. The van der Waals surface area contributed by atoms with Crippen LogP contribution in [0.4, 0.5) is 10.5 Å². The topological polar surface area (TPSA) is 81.7 Å². The van der Waals surface area contributed by atoms with E-state index in [1.807, 2.05) is 11.8 Å². The maximum Gasteiger partial charge on any atom is 0.335 e. The van der Waals surface area contributed by atoms with Gasteiger partial charge in [0.15, 0.2) is 0 Å². The molecular weight excluding hydrogens is 270 g/mol. The molecule has 0 atom stereocenters. The number of carbonyl (C=O) groups excluding carboxylic acids is 1. The molecule has 6 heteroatoms. The average molecular weight is 291 g/mol. The van der Waals surface area contributed by atoms with Crippen molar-refractivity contribution < 1.29 is 14.7 Å². The minimum absolute atomic E-state index is 0.132. The van der Waals surface area contributed by atoms with Gasteiger partial charge in [-0.3, -0.25) is 0 Å². The highest BCUT2D eigenvalue weighted by atomic mass is 16.4. The van der Waals surface area contributed by atoms with Crippen LogP contribution in [-0.2, 0) is 0 Å². The van der Waals surface area contributed by atoms with Crippen molar-refractivity contribution in [3.8, 4) is 0 Å². The number of piperidine rings is 1. The number of carbonyl (C=O) groups is 2. The lowest BCUT2D eigenvalue weighted by Crippen LogP contribution is -2.47. The zero-order valence-electron chi connectivity index (χ0n) is 12.1. The van der Waals surface area contributed by atoms with E-state index in [0.717, 1.165) is 25.9 Å². The summed E-state index contributed by atoms with van der Waals surface area (Å²) < 4.78 is 0. The highest BCUT2D eigenvalue weighted by Gasteiger charge is 2.23. The molecule has 114 valence electrons. The number of carboxylic acid groups (broad SMARTS) is 1. The van der Waals surface area contributed by atoms with Gasteiger partial charge in [0.05, 0.1) is 5.56 Å². The third kappa shape index (κ3) is 3.95. The number of anilines is 1. The van der Waals surface area contributed by atoms with Crippen LogP contribution >= 0.6 is 0 Å². The van der Waals surface area contributed by atoms with Gasteiger partial charge in [-0.05, 0) is 57.1 Å². The van der Waals surface area contributed by atoms with Gasteiger partial charge in [-0.2, -0.15) is 0 Å². The number of aromatic carboxylic acids is 1. The van der Waals surface area contributed by atoms with E-state index in [-0.39, 0.29) is 17.6 Å². The smallest absolute Gasteiger partial charge is 0.335 e. The molecule has 0 bridgehead atoms. The number of amides is 2. The highest BCUT2D eigenvalue weighted by molar-refractivity contribution is 5.91. The molecule has 3 N–H and O–H groups in total. The van der Waals surface area contributed by atoms with Gasteiger partial charge in [0.1, 0.15) is 0 Å². The number of urea groups is 1. The van der Waals surface area contributed by atoms with Crippen molar-refractivity contribution in [2.45, 2.75) is 25.8 Å². The van der Waals surface area contributed by atoms with E-state index in [9.17, 15) is 9.59 Å². The molecule has 0 spiro atoms. The van der Waals surface area contributed by atoms with Crippen molar-refractivity contribution in [2.75, 3.05) is 25.0 Å². The number of rotatable bonds is 4. The number of nitrogens with one attached hydrogen (secondary N) is 2. The van der Waals surface area contributed by atoms with E-state index in [4.69, 9.17) is 5.11 Å². The van der Waals surface area contributed by atoms with Crippen LogP contribution in [-0.4, -0.2) is 47.7 Å². The summed E-state index contributed by atoms with van der Waals surface area (Å²) in [4.78, 5) is 25.0. The van der Waals surface area contributed by atoms with Crippen molar-refractivity contribution in [1.29, 1.82) is 0 Å². The predicted molar refractivity (Wildman–Crippen MR) is 80.7 cm³/mol. The van der Waals surface area contributed by atoms with Gasteiger partial charge < -0.3 is 20.6 Å². The fourth-order valence-corrected chi connectivity index (χ4v) is 2.58. The Balaban J connectivity index is 1.99. The van der Waals surface area contributed by atoms with Gasteiger partial charge in [-0.25, -0.2) is 9.59 Å². The van der Waals surface area contributed by atoms with Gasteiger partial charge in [0.2, 0.25) is 0 Å². The molecule has 21 heavy (non-hydrogen) atoms. The molecule has 0 radical (unpaired) electrons. The molecule has 1 saturated heterocycles. The Morgan fingerprint density at radius 3 is 2.43 bits per heavy atom. The Morgan fingerprint density at radius 2 is 1.90 bits per heavy atom. The monoisotopic (exact) mass is 291 g/mol. The molecule has 2 rings (SSSR count). The SMILES string of the molecule is CCN(C(=O)Nc1ccc(C(=O)O)cc1)C1CCNCC1. The first kappa shape index (κ1) is 15.3. The molecule has 1 heterocycles. The Kier molecular flexibility index (Phi) is 5.16. The fraction of sp³-hybridized carbons (Fsp3) is 0.467. The summed E-state index contributed by atoms with van der Waals surface area (Å²) >= 11 is 0. The molecule has 0 aliphatic carbocycles. The summed E-state index contributed by atoms with van der Waals surface area (Å²) in [6.07, 6.45) is 1.92. The molecule has 0 saturated carbocycles. The zero-order valence-corrected chi connectivity index (χ0v) is 12.1. The molecule has 1 fully saturated rings. The van der Waals surface area contributed by atoms with Crippen molar-refractivity contribution in [3.05, 3.63) is 29.8 Å². The third-order valence-corrected chi connectivity index (χ3v) is 3.73. The average Bonchev–Trinajstić information content (AvgIpc) is 2.49. The molecular formula is C15H21N3O3. The molecule has 1 aliphatic rings. The third-order valence-electron chi connectivity index (χ3n) is 3.73. The van der Waals surface area contributed by atoms with Crippen LogP contribution in [0.5, 0.6) is 0 Å². The summed E-state index contributed by atoms with van der Waals surface area (Å²) in [5, 5.41) is 15.0. The molecule has 1 aromatic carbocycles. The van der Waals surface area contributed by atoms with Crippen molar-refractivity contribution in [2.24, 2.45) is 0 Å². The quantitative estimate of drug-likeness (QED) is 0.792. The maximum absolute atomic E-state index is 12.3. The molecule has 2 amide bonds. The second kappa shape index (κ2) is 7.08. The zero-order chi connectivity index (χ0) is 15.2. The Bertz CT molecular complexity index is 495. The maximum atomic E-state index is 12.3. The van der Waals surface area contributed by atoms with Crippen molar-refractivity contribution in [3.63, 3.8) is 0 Å². The number of hydrogen-bond acceptors (Lipinski definition) is 3. The fourth-order valence-electron chi connectivity index (χ4n) is 2.58. The number of benzene rings is 1. The van der Waals surface area contributed by atoms with Gasteiger partial charge in [0, 0.05) is 18.3 Å². The van der Waals surface area contributed by atoms with Crippen LogP contribution in [0.25, 0.3) is 0 Å². The Hall–Kier alpha value is -2.08. The molecule has 6 nitrogen and oxygen atoms in total. The van der Waals surface area contributed by atoms with Crippen molar-refractivity contribution >= 4 is 17.7 Å². The Labute approximate surface area is 124 Å². The van der Waals surface area contributed by atoms with Crippen LogP contribution in [0.1, 0.15) is 30.1 Å². The van der Waals surface area contributed by atoms with Gasteiger partial charge in [0.25, 0.3) is 0 Å². The lowest BCUT2D eigenvalue weighted by molar-refractivity contribution is 0.0697. The van der Waals surface area contributed by atoms with Crippen LogP contribution in [0.15, 0.2) is 24.3 Å². The predicted octanol–water partition coefficient (Wildman–Crippen LogP) is 1.99. The lowest BCUT2D eigenvalue weighted by Gasteiger charge is -2.33. The summed E-state index contributed by atoms with van der Waals surface area (Å²) in [5.74, 6) is -0.974. The van der Waals surface area contributed by atoms with E-state index in [0.29, 0.717) is 12.2 Å². The van der Waals surface area contributed by atoms with E-state index < -0.39 is 5.97 Å². The van der Waals surface area contributed by atoms with E-state index in [1.165, 1.54) is 12.1 Å². The van der Waals surface area contributed by atoms with Gasteiger partial charge in [-0.1, -0.05) is 0 Å². The summed E-state index contributed by atoms with van der Waals surface area (Å²) in [6, 6.07) is 6.31. The normalized spacial score (nSPS) is 15.5. The van der Waals surface area contributed by atoms with E-state index in [1.54, 1.807) is 12.1 Å². The van der Waals surface area contributed by atoms with Crippen LogP contribution < -0.4 is 10.6 Å². The molecule has 0 unspecified atom stereocenters. The largest absolute Gasteiger partial charge is 0.478 e. The standard InChI is InChI=1S/C15H21N3O3/c1-2-18(13-7-9-16-10-8-13)15(21)17-12-5-3-11(4-6-12)14(19)20/h3-6,13,16H,2,7-10H2,1H3,(H,17,21)(H,19,20). The highest BCUT2D eigenvalue weighted by Crippen LogP contribution is 2.15. The second-order valence-electron chi connectivity index (χ2n) is 5.08. The minimum atomic E-state index is -0.974. The summed E-state index contributed by atoms with van der Waals surface area (Å²) in [5.41, 5.74) is 0.816. The van der Waals surface area contributed by atoms with Gasteiger partial charge in [-0.15, -0.1) is 0 Å². The Morgan fingerprint density at radius 1 is 1.29 bits per heavy atom. The van der Waals surface area contributed by atoms with Crippen LogP contribution in [0.3, 0.4) is 0 Å². The van der Waals surface area contributed by atoms with Crippen molar-refractivity contribution in [1.82, 2.24) is 10.2 Å². The lowest BCUT2D eigenvalue weighted by atomic mass is 10.1. The first-order valence-electron chi connectivity index (χ1n) is 7.23. The number of hydrogen-bond donors (Lipinski definition) is 3. The van der Waals surface area contributed by atoms with Gasteiger partial charge >= 0.3 is 12.0 Å². The molecule has 0 aromatic heterocycles. The van der Waals surface area contributed by atoms with E-state index >= 15 is 0 Å². The van der Waals surface area contributed by atoms with E-state index in [2.05, 4.69) is 10.6 Å². The number of carboxylic acids is 1. The first-order chi connectivity index (χ1) is 10.1. The summed E-state index contributed by atoms with van der Waals surface area (Å²) in [7, 11) is 0. The minimum Gasteiger partial charge on any atom is -0.478 e. The second-order valence-corrected chi connectivity index (χ2v) is 5.08.